The number of carbonyl (C=O) groups is 1. The molecule has 0 aromatic heterocycles. The monoisotopic (exact) mass is 364 g/mol. The Morgan fingerprint density at radius 1 is 0.926 bits per heavy atom. The first kappa shape index (κ1) is 18.3. The average molecular weight is 364 g/mol. The Bertz CT molecular complexity index is 913. The molecule has 1 amide bonds. The lowest BCUT2D eigenvalue weighted by atomic mass is 9.99. The van der Waals surface area contributed by atoms with Gasteiger partial charge >= 0.3 is 6.09 Å². The maximum Gasteiger partial charge on any atom is 0.437 e. The van der Waals surface area contributed by atoms with E-state index in [2.05, 4.69) is 10.5 Å². The number of amides is 1. The Morgan fingerprint density at radius 3 is 2.15 bits per heavy atom. The van der Waals surface area contributed by atoms with E-state index in [1.807, 2.05) is 12.1 Å². The van der Waals surface area contributed by atoms with Crippen molar-refractivity contribution in [3.8, 4) is 0 Å². The largest absolute Gasteiger partial charge is 0.437 e. The van der Waals surface area contributed by atoms with Gasteiger partial charge in [0.15, 0.2) is 0 Å². The molecule has 0 radical (unpaired) electrons. The minimum atomic E-state index is -1.08. The van der Waals surface area contributed by atoms with E-state index in [9.17, 15) is 14.3 Å². The van der Waals surface area contributed by atoms with Gasteiger partial charge in [-0.2, -0.15) is 0 Å². The van der Waals surface area contributed by atoms with Crippen LogP contribution in [0.3, 0.4) is 0 Å². The zero-order valence-corrected chi connectivity index (χ0v) is 14.2. The van der Waals surface area contributed by atoms with Crippen LogP contribution in [0, 0.1) is 5.82 Å². The number of oxime groups is 1. The van der Waals surface area contributed by atoms with Crippen molar-refractivity contribution in [2.75, 3.05) is 5.32 Å². The van der Waals surface area contributed by atoms with Crippen LogP contribution in [0.15, 0.2) is 90.1 Å². The molecule has 5 nitrogen and oxygen atoms in total. The summed E-state index contributed by atoms with van der Waals surface area (Å²) in [6, 6.07) is 23.1. The second-order valence-electron chi connectivity index (χ2n) is 5.67. The smallest absolute Gasteiger partial charge is 0.382 e. The lowest BCUT2D eigenvalue weighted by Crippen LogP contribution is -2.17. The first-order valence-corrected chi connectivity index (χ1v) is 8.23. The van der Waals surface area contributed by atoms with Gasteiger partial charge in [-0.05, 0) is 29.8 Å². The predicted molar refractivity (Wildman–Crippen MR) is 101 cm³/mol. The number of aliphatic hydroxyl groups is 1. The maximum atomic E-state index is 12.9. The standard InChI is InChI=1S/C21H17FN2O3/c22-17-11-13-18(14-12-17)23-21(26)27-24-19(15-7-3-1-4-8-15)20(25)16-9-5-2-6-10-16/h1-14,20,25H,(H,23,26)/b24-19+. The Morgan fingerprint density at radius 2 is 1.52 bits per heavy atom. The van der Waals surface area contributed by atoms with Crippen LogP contribution in [-0.2, 0) is 4.84 Å². The third kappa shape index (κ3) is 4.99. The highest BCUT2D eigenvalue weighted by atomic mass is 19.1. The molecule has 3 aromatic rings. The van der Waals surface area contributed by atoms with E-state index in [0.717, 1.165) is 0 Å². The van der Waals surface area contributed by atoms with E-state index < -0.39 is 18.0 Å². The number of aliphatic hydroxyl groups excluding tert-OH is 1. The normalized spacial score (nSPS) is 12.3. The summed E-state index contributed by atoms with van der Waals surface area (Å²) in [5.41, 5.74) is 1.78. The number of hydrogen-bond donors (Lipinski definition) is 2. The molecule has 0 heterocycles. The molecule has 3 aromatic carbocycles. The highest BCUT2D eigenvalue weighted by Crippen LogP contribution is 2.19. The van der Waals surface area contributed by atoms with Crippen LogP contribution in [0.25, 0.3) is 0 Å². The van der Waals surface area contributed by atoms with E-state index in [4.69, 9.17) is 4.84 Å². The third-order valence-electron chi connectivity index (χ3n) is 3.76. The number of nitrogens with zero attached hydrogens (tertiary/aromatic N) is 1. The quantitative estimate of drug-likeness (QED) is 0.397. The van der Waals surface area contributed by atoms with Crippen LogP contribution < -0.4 is 5.32 Å². The molecule has 0 aliphatic heterocycles. The van der Waals surface area contributed by atoms with Gasteiger partial charge in [-0.1, -0.05) is 65.8 Å². The van der Waals surface area contributed by atoms with Crippen LogP contribution in [0.2, 0.25) is 0 Å². The number of anilines is 1. The minimum Gasteiger partial charge on any atom is -0.382 e. The Labute approximate surface area is 155 Å². The van der Waals surface area contributed by atoms with Gasteiger partial charge in [-0.25, -0.2) is 9.18 Å². The first-order chi connectivity index (χ1) is 13.1. The summed E-state index contributed by atoms with van der Waals surface area (Å²) >= 11 is 0. The molecular weight excluding hydrogens is 347 g/mol. The van der Waals surface area contributed by atoms with Gasteiger partial charge in [-0.3, -0.25) is 10.2 Å². The van der Waals surface area contributed by atoms with Gasteiger partial charge in [0.2, 0.25) is 0 Å². The molecule has 0 bridgehead atoms. The van der Waals surface area contributed by atoms with Crippen molar-refractivity contribution >= 4 is 17.5 Å². The highest BCUT2D eigenvalue weighted by Gasteiger charge is 2.18. The molecule has 0 spiro atoms. The topological polar surface area (TPSA) is 70.9 Å². The minimum absolute atomic E-state index is 0.191. The predicted octanol–water partition coefficient (Wildman–Crippen LogP) is 4.51. The summed E-state index contributed by atoms with van der Waals surface area (Å²) in [5, 5.41) is 17.0. The molecule has 27 heavy (non-hydrogen) atoms. The van der Waals surface area contributed by atoms with Crippen LogP contribution in [0.5, 0.6) is 0 Å². The van der Waals surface area contributed by atoms with Crippen molar-refractivity contribution < 1.29 is 19.1 Å². The second kappa shape index (κ2) is 8.73. The lowest BCUT2D eigenvalue weighted by Gasteiger charge is -2.14. The van der Waals surface area contributed by atoms with Gasteiger partial charge < -0.3 is 5.11 Å². The van der Waals surface area contributed by atoms with Crippen molar-refractivity contribution in [3.05, 3.63) is 102 Å². The molecule has 1 unspecified atom stereocenters. The van der Waals surface area contributed by atoms with E-state index in [0.29, 0.717) is 16.8 Å². The number of carbonyl (C=O) groups excluding carboxylic acids is 1. The summed E-state index contributed by atoms with van der Waals surface area (Å²) < 4.78 is 12.9. The fourth-order valence-electron chi connectivity index (χ4n) is 2.43. The molecule has 0 fully saturated rings. The summed E-state index contributed by atoms with van der Waals surface area (Å²) in [5.74, 6) is -0.413. The molecular formula is C21H17FN2O3. The first-order valence-electron chi connectivity index (χ1n) is 8.23. The number of rotatable bonds is 5. The fourth-order valence-corrected chi connectivity index (χ4v) is 2.43. The molecule has 1 atom stereocenters. The molecule has 6 heteroatoms. The van der Waals surface area contributed by atoms with Crippen molar-refractivity contribution in [2.24, 2.45) is 5.16 Å². The van der Waals surface area contributed by atoms with Gasteiger partial charge in [-0.15, -0.1) is 0 Å². The Kier molecular flexibility index (Phi) is 5.91. The van der Waals surface area contributed by atoms with Gasteiger partial charge in [0.05, 0.1) is 0 Å². The van der Waals surface area contributed by atoms with Crippen molar-refractivity contribution in [1.82, 2.24) is 0 Å². The van der Waals surface area contributed by atoms with Gasteiger partial charge in [0, 0.05) is 11.3 Å². The molecule has 0 aliphatic rings. The Balaban J connectivity index is 1.80. The van der Waals surface area contributed by atoms with Crippen LogP contribution in [0.1, 0.15) is 17.2 Å². The fraction of sp³-hybridized carbons (Fsp3) is 0.0476. The van der Waals surface area contributed by atoms with Crippen LogP contribution in [0.4, 0.5) is 14.9 Å². The molecule has 3 rings (SSSR count). The van der Waals surface area contributed by atoms with Gasteiger partial charge in [0.25, 0.3) is 0 Å². The van der Waals surface area contributed by atoms with E-state index in [1.165, 1.54) is 24.3 Å². The molecule has 136 valence electrons. The summed E-state index contributed by atoms with van der Waals surface area (Å²) in [4.78, 5) is 16.9. The molecule has 0 saturated heterocycles. The van der Waals surface area contributed by atoms with Crippen LogP contribution >= 0.6 is 0 Å². The van der Waals surface area contributed by atoms with E-state index in [1.54, 1.807) is 48.5 Å². The SMILES string of the molecule is O=C(Nc1ccc(F)cc1)O/N=C(\c1ccccc1)C(O)c1ccccc1. The summed E-state index contributed by atoms with van der Waals surface area (Å²) in [6.45, 7) is 0. The third-order valence-corrected chi connectivity index (χ3v) is 3.76. The average Bonchev–Trinajstić information content (AvgIpc) is 2.71. The van der Waals surface area contributed by atoms with Crippen molar-refractivity contribution in [2.45, 2.75) is 6.10 Å². The maximum absolute atomic E-state index is 12.9. The second-order valence-corrected chi connectivity index (χ2v) is 5.67. The summed E-state index contributed by atoms with van der Waals surface area (Å²) in [6.07, 6.45) is -1.93. The number of benzene rings is 3. The lowest BCUT2D eigenvalue weighted by molar-refractivity contribution is 0.163. The molecule has 0 aliphatic carbocycles. The van der Waals surface area contributed by atoms with Crippen molar-refractivity contribution in [1.29, 1.82) is 0 Å². The molecule has 2 N–H and O–H groups in total. The zero-order valence-electron chi connectivity index (χ0n) is 14.2. The zero-order chi connectivity index (χ0) is 19.1. The highest BCUT2D eigenvalue weighted by molar-refractivity contribution is 6.04. The Hall–Kier alpha value is -3.51. The van der Waals surface area contributed by atoms with Crippen molar-refractivity contribution in [3.63, 3.8) is 0 Å². The van der Waals surface area contributed by atoms with E-state index in [-0.39, 0.29) is 5.71 Å². The number of halogens is 1. The number of nitrogens with one attached hydrogen (secondary N) is 1. The molecule has 0 saturated carbocycles. The summed E-state index contributed by atoms with van der Waals surface area (Å²) in [7, 11) is 0. The van der Waals surface area contributed by atoms with Crippen LogP contribution in [-0.4, -0.2) is 16.9 Å². The van der Waals surface area contributed by atoms with E-state index >= 15 is 0 Å². The number of hydrogen-bond acceptors (Lipinski definition) is 4. The van der Waals surface area contributed by atoms with Gasteiger partial charge in [0.1, 0.15) is 17.6 Å².